The first kappa shape index (κ1) is 15.6. The van der Waals surface area contributed by atoms with Crippen LogP contribution in [0.15, 0.2) is 47.1 Å². The lowest BCUT2D eigenvalue weighted by atomic mass is 10.2. The highest BCUT2D eigenvalue weighted by Crippen LogP contribution is 2.22. The second-order valence-corrected chi connectivity index (χ2v) is 5.83. The Kier molecular flexibility index (Phi) is 4.12. The van der Waals surface area contributed by atoms with E-state index in [1.165, 1.54) is 0 Å². The van der Waals surface area contributed by atoms with E-state index in [2.05, 4.69) is 21.2 Å². The van der Waals surface area contributed by atoms with Crippen LogP contribution in [-0.4, -0.2) is 10.5 Å². The maximum Gasteiger partial charge on any atom is 0.244 e. The Balaban J connectivity index is 1.80. The predicted octanol–water partition coefficient (Wildman–Crippen LogP) is 4.46. The van der Waals surface area contributed by atoms with E-state index in [1.807, 2.05) is 24.3 Å². The maximum atomic E-state index is 13.6. The molecule has 0 bridgehead atoms. The summed E-state index contributed by atoms with van der Waals surface area (Å²) < 4.78 is 42.2. The van der Waals surface area contributed by atoms with Gasteiger partial charge in [-0.3, -0.25) is 4.79 Å². The fraction of sp³-hybridized carbons (Fsp3) is 0.0625. The highest BCUT2D eigenvalue weighted by atomic mass is 79.9. The number of amides is 1. The second-order valence-electron chi connectivity index (χ2n) is 4.92. The molecular formula is C16H10BrF3N2O. The van der Waals surface area contributed by atoms with E-state index in [4.69, 9.17) is 0 Å². The molecule has 1 aromatic heterocycles. The average Bonchev–Trinajstić information content (AvgIpc) is 2.90. The summed E-state index contributed by atoms with van der Waals surface area (Å²) in [5, 5.41) is 3.18. The van der Waals surface area contributed by atoms with E-state index in [9.17, 15) is 18.0 Å². The zero-order chi connectivity index (χ0) is 16.6. The summed E-state index contributed by atoms with van der Waals surface area (Å²) in [5.74, 6) is -4.88. The number of hydrogen-bond acceptors (Lipinski definition) is 1. The SMILES string of the molecule is O=C(Cn1ccc2cc(Br)ccc21)Nc1ccc(F)c(F)c1F. The van der Waals surface area contributed by atoms with Gasteiger partial charge in [-0.05, 0) is 36.4 Å². The van der Waals surface area contributed by atoms with Gasteiger partial charge in [-0.15, -0.1) is 0 Å². The van der Waals surface area contributed by atoms with Crippen molar-refractivity contribution in [3.05, 3.63) is 64.5 Å². The maximum absolute atomic E-state index is 13.6. The molecule has 0 unspecified atom stereocenters. The van der Waals surface area contributed by atoms with Crippen molar-refractivity contribution < 1.29 is 18.0 Å². The van der Waals surface area contributed by atoms with E-state index >= 15 is 0 Å². The van der Waals surface area contributed by atoms with E-state index in [0.29, 0.717) is 0 Å². The minimum Gasteiger partial charge on any atom is -0.338 e. The molecule has 1 N–H and O–H groups in total. The van der Waals surface area contributed by atoms with Crippen molar-refractivity contribution in [3.8, 4) is 0 Å². The monoisotopic (exact) mass is 382 g/mol. The highest BCUT2D eigenvalue weighted by Gasteiger charge is 2.15. The van der Waals surface area contributed by atoms with Gasteiger partial charge in [0, 0.05) is 21.6 Å². The summed E-state index contributed by atoms with van der Waals surface area (Å²) in [5.41, 5.74) is 0.433. The first-order valence-electron chi connectivity index (χ1n) is 6.63. The summed E-state index contributed by atoms with van der Waals surface area (Å²) in [6.07, 6.45) is 1.72. The lowest BCUT2D eigenvalue weighted by molar-refractivity contribution is -0.116. The first-order valence-corrected chi connectivity index (χ1v) is 7.43. The van der Waals surface area contributed by atoms with E-state index < -0.39 is 29.0 Å². The Hall–Kier alpha value is -2.28. The van der Waals surface area contributed by atoms with Gasteiger partial charge in [0.1, 0.15) is 6.54 Å². The zero-order valence-corrected chi connectivity index (χ0v) is 13.2. The molecular weight excluding hydrogens is 373 g/mol. The minimum atomic E-state index is -1.61. The molecule has 3 rings (SSSR count). The lowest BCUT2D eigenvalue weighted by Gasteiger charge is -2.09. The summed E-state index contributed by atoms with van der Waals surface area (Å²) in [6, 6.07) is 9.16. The molecule has 0 radical (unpaired) electrons. The van der Waals surface area contributed by atoms with Crippen LogP contribution in [0.25, 0.3) is 10.9 Å². The van der Waals surface area contributed by atoms with Gasteiger partial charge in [-0.2, -0.15) is 0 Å². The summed E-state index contributed by atoms with van der Waals surface area (Å²) in [4.78, 5) is 12.0. The molecule has 23 heavy (non-hydrogen) atoms. The predicted molar refractivity (Wildman–Crippen MR) is 84.6 cm³/mol. The summed E-state index contributed by atoms with van der Waals surface area (Å²) >= 11 is 3.36. The van der Waals surface area contributed by atoms with Gasteiger partial charge in [0.05, 0.1) is 5.69 Å². The Morgan fingerprint density at radius 2 is 1.87 bits per heavy atom. The van der Waals surface area contributed by atoms with Crippen molar-refractivity contribution in [2.45, 2.75) is 6.54 Å². The van der Waals surface area contributed by atoms with Crippen molar-refractivity contribution in [2.24, 2.45) is 0 Å². The van der Waals surface area contributed by atoms with Crippen LogP contribution in [0.5, 0.6) is 0 Å². The molecule has 0 aliphatic rings. The minimum absolute atomic E-state index is 0.0798. The molecule has 0 aliphatic heterocycles. The number of carbonyl (C=O) groups excluding carboxylic acids is 1. The van der Waals surface area contributed by atoms with Crippen molar-refractivity contribution in [3.63, 3.8) is 0 Å². The normalized spacial score (nSPS) is 11.0. The Labute approximate surface area is 137 Å². The molecule has 0 fully saturated rings. The number of carbonyl (C=O) groups is 1. The van der Waals surface area contributed by atoms with Gasteiger partial charge in [0.2, 0.25) is 5.91 Å². The number of nitrogens with one attached hydrogen (secondary N) is 1. The molecule has 0 spiro atoms. The number of anilines is 1. The summed E-state index contributed by atoms with van der Waals surface area (Å²) in [7, 11) is 0. The number of rotatable bonds is 3. The number of nitrogens with zero attached hydrogens (tertiary/aromatic N) is 1. The highest BCUT2D eigenvalue weighted by molar-refractivity contribution is 9.10. The van der Waals surface area contributed by atoms with Crippen LogP contribution in [0.2, 0.25) is 0 Å². The molecule has 0 atom stereocenters. The molecule has 0 saturated carbocycles. The third-order valence-electron chi connectivity index (χ3n) is 3.36. The van der Waals surface area contributed by atoms with Gasteiger partial charge in [0.15, 0.2) is 17.5 Å². The fourth-order valence-electron chi connectivity index (χ4n) is 2.28. The van der Waals surface area contributed by atoms with Crippen LogP contribution in [0.1, 0.15) is 0 Å². The van der Waals surface area contributed by atoms with Crippen molar-refractivity contribution in [1.29, 1.82) is 0 Å². The molecule has 1 amide bonds. The molecule has 7 heteroatoms. The van der Waals surface area contributed by atoms with Gasteiger partial charge in [-0.1, -0.05) is 15.9 Å². The molecule has 3 aromatic rings. The Morgan fingerprint density at radius 3 is 2.65 bits per heavy atom. The Bertz CT molecular complexity index is 908. The van der Waals surface area contributed by atoms with Crippen LogP contribution in [-0.2, 0) is 11.3 Å². The Morgan fingerprint density at radius 1 is 1.09 bits per heavy atom. The molecule has 1 heterocycles. The van der Waals surface area contributed by atoms with Crippen molar-refractivity contribution in [1.82, 2.24) is 4.57 Å². The zero-order valence-electron chi connectivity index (χ0n) is 11.6. The second kappa shape index (κ2) is 6.08. The van der Waals surface area contributed by atoms with Crippen LogP contribution >= 0.6 is 15.9 Å². The number of hydrogen-bond donors (Lipinski definition) is 1. The number of fused-ring (bicyclic) bond motifs is 1. The van der Waals surface area contributed by atoms with Gasteiger partial charge in [-0.25, -0.2) is 13.2 Å². The third kappa shape index (κ3) is 3.10. The topological polar surface area (TPSA) is 34.0 Å². The van der Waals surface area contributed by atoms with Crippen molar-refractivity contribution in [2.75, 3.05) is 5.32 Å². The number of halogens is 4. The van der Waals surface area contributed by atoms with Crippen LogP contribution in [0.4, 0.5) is 18.9 Å². The van der Waals surface area contributed by atoms with Gasteiger partial charge >= 0.3 is 0 Å². The van der Waals surface area contributed by atoms with Crippen molar-refractivity contribution >= 4 is 38.4 Å². The van der Waals surface area contributed by atoms with E-state index in [1.54, 1.807) is 10.8 Å². The summed E-state index contributed by atoms with van der Waals surface area (Å²) in [6.45, 7) is -0.0798. The van der Waals surface area contributed by atoms with Crippen LogP contribution in [0, 0.1) is 17.5 Å². The largest absolute Gasteiger partial charge is 0.338 e. The fourth-order valence-corrected chi connectivity index (χ4v) is 2.65. The molecule has 0 aliphatic carbocycles. The molecule has 2 aromatic carbocycles. The van der Waals surface area contributed by atoms with E-state index in [-0.39, 0.29) is 6.54 Å². The average molecular weight is 383 g/mol. The van der Waals surface area contributed by atoms with E-state index in [0.717, 1.165) is 27.5 Å². The quantitative estimate of drug-likeness (QED) is 0.666. The smallest absolute Gasteiger partial charge is 0.244 e. The van der Waals surface area contributed by atoms with Gasteiger partial charge in [0.25, 0.3) is 0 Å². The van der Waals surface area contributed by atoms with Crippen LogP contribution < -0.4 is 5.32 Å². The first-order chi connectivity index (χ1) is 11.0. The molecule has 0 saturated heterocycles. The molecule has 3 nitrogen and oxygen atoms in total. The third-order valence-corrected chi connectivity index (χ3v) is 3.85. The standard InChI is InChI=1S/C16H10BrF3N2O/c17-10-1-4-13-9(7-10)5-6-22(13)8-14(23)21-12-3-2-11(18)15(19)16(12)20/h1-7H,8H2,(H,21,23). The molecule has 118 valence electrons. The van der Waals surface area contributed by atoms with Gasteiger partial charge < -0.3 is 9.88 Å². The number of aromatic nitrogens is 1. The van der Waals surface area contributed by atoms with Crippen LogP contribution in [0.3, 0.4) is 0 Å². The lowest BCUT2D eigenvalue weighted by Crippen LogP contribution is -2.19. The number of benzene rings is 2.